The molecule has 1 radical (unpaired) electrons. The van der Waals surface area contributed by atoms with Gasteiger partial charge in [0.15, 0.2) is 0 Å². The first-order valence-corrected chi connectivity index (χ1v) is 10.9. The van der Waals surface area contributed by atoms with Crippen molar-refractivity contribution in [3.8, 4) is 0 Å². The molecule has 111 valence electrons. The van der Waals surface area contributed by atoms with Crippen LogP contribution in [0.25, 0.3) is 0 Å². The Kier molecular flexibility index (Phi) is 5.98. The van der Waals surface area contributed by atoms with Gasteiger partial charge in [-0.25, -0.2) is 0 Å². The second-order valence-corrected chi connectivity index (χ2v) is 11.4. The minimum Gasteiger partial charge on any atom is 0 e. The SMILES string of the molecule is Br[PH](c1ccccc1)(c1ccccc1)c1ccccc1.[Ag]. The minimum atomic E-state index is -2.07. The molecular weight excluding hydrogens is 435 g/mol. The largest absolute Gasteiger partial charge is 0 e. The van der Waals surface area contributed by atoms with E-state index in [9.17, 15) is 0 Å². The van der Waals surface area contributed by atoms with E-state index in [0.29, 0.717) is 0 Å². The Balaban J connectivity index is 0.00000161. The maximum atomic E-state index is 4.15. The summed E-state index contributed by atoms with van der Waals surface area (Å²) in [5.41, 5.74) is 0. The fourth-order valence-corrected chi connectivity index (χ4v) is 7.84. The zero-order valence-corrected chi connectivity index (χ0v) is 15.4. The van der Waals surface area contributed by atoms with E-state index < -0.39 is 5.96 Å². The van der Waals surface area contributed by atoms with Crippen molar-refractivity contribution in [2.45, 2.75) is 0 Å². The first-order chi connectivity index (χ1) is 9.82. The van der Waals surface area contributed by atoms with E-state index in [1.54, 1.807) is 0 Å². The van der Waals surface area contributed by atoms with Gasteiger partial charge in [0.1, 0.15) is 0 Å². The van der Waals surface area contributed by atoms with Crippen molar-refractivity contribution < 1.29 is 22.4 Å². The summed E-state index contributed by atoms with van der Waals surface area (Å²) in [6, 6.07) is 32.2. The molecule has 0 bridgehead atoms. The van der Waals surface area contributed by atoms with Gasteiger partial charge >= 0.3 is 128 Å². The van der Waals surface area contributed by atoms with Gasteiger partial charge in [-0.1, -0.05) is 0 Å². The zero-order valence-electron chi connectivity index (χ0n) is 11.3. The molecule has 0 nitrogen and oxygen atoms in total. The molecule has 0 unspecified atom stereocenters. The summed E-state index contributed by atoms with van der Waals surface area (Å²) < 4.78 is 0. The molecule has 21 heavy (non-hydrogen) atoms. The second-order valence-electron chi connectivity index (χ2n) is 4.76. The number of benzene rings is 3. The number of halogens is 1. The topological polar surface area (TPSA) is 0 Å². The third kappa shape index (κ3) is 3.39. The Morgan fingerprint density at radius 1 is 0.476 bits per heavy atom. The van der Waals surface area contributed by atoms with Crippen LogP contribution >= 0.6 is 21.5 Å². The van der Waals surface area contributed by atoms with Gasteiger partial charge < -0.3 is 0 Å². The quantitative estimate of drug-likeness (QED) is 0.417. The normalized spacial score (nSPS) is 11.5. The van der Waals surface area contributed by atoms with Gasteiger partial charge in [-0.05, 0) is 0 Å². The fraction of sp³-hybridized carbons (Fsp3) is 0. The predicted octanol–water partition coefficient (Wildman–Crippen LogP) is 4.02. The van der Waals surface area contributed by atoms with Crippen LogP contribution in [0.4, 0.5) is 0 Å². The van der Waals surface area contributed by atoms with E-state index in [1.165, 1.54) is 15.9 Å². The van der Waals surface area contributed by atoms with E-state index >= 15 is 0 Å². The molecule has 0 saturated carbocycles. The molecule has 0 fully saturated rings. The van der Waals surface area contributed by atoms with Gasteiger partial charge in [-0.2, -0.15) is 0 Å². The van der Waals surface area contributed by atoms with Gasteiger partial charge in [0, 0.05) is 22.4 Å². The maximum absolute atomic E-state index is 4.15. The smallest absolute Gasteiger partial charge is 0 e. The Hall–Kier alpha value is -0.690. The molecule has 0 aromatic heterocycles. The minimum absolute atomic E-state index is 0. The Morgan fingerprint density at radius 2 is 0.714 bits per heavy atom. The van der Waals surface area contributed by atoms with Gasteiger partial charge in [0.05, 0.1) is 0 Å². The molecule has 0 aliphatic carbocycles. The Labute approximate surface area is 150 Å². The van der Waals surface area contributed by atoms with Crippen molar-refractivity contribution in [2.75, 3.05) is 0 Å². The van der Waals surface area contributed by atoms with E-state index in [2.05, 4.69) is 106 Å². The molecule has 3 heteroatoms. The van der Waals surface area contributed by atoms with Gasteiger partial charge in [0.2, 0.25) is 0 Å². The molecule has 3 aromatic rings. The first-order valence-electron chi connectivity index (χ1n) is 6.67. The molecule has 0 heterocycles. The van der Waals surface area contributed by atoms with Crippen LogP contribution in [-0.4, -0.2) is 0 Å². The van der Waals surface area contributed by atoms with Crippen molar-refractivity contribution in [3.05, 3.63) is 91.0 Å². The molecule has 0 amide bonds. The maximum Gasteiger partial charge on any atom is 0 e. The molecule has 3 aromatic carbocycles. The molecule has 0 saturated heterocycles. The molecule has 0 N–H and O–H groups in total. The fourth-order valence-electron chi connectivity index (χ4n) is 2.50. The summed E-state index contributed by atoms with van der Waals surface area (Å²) in [5, 5.41) is 4.12. The second kappa shape index (κ2) is 7.54. The average Bonchev–Trinajstić information content (AvgIpc) is 2.56. The van der Waals surface area contributed by atoms with Crippen molar-refractivity contribution in [2.24, 2.45) is 0 Å². The summed E-state index contributed by atoms with van der Waals surface area (Å²) >= 11 is 4.15. The van der Waals surface area contributed by atoms with Crippen molar-refractivity contribution in [1.82, 2.24) is 0 Å². The zero-order chi connectivity index (χ0) is 13.8. The summed E-state index contributed by atoms with van der Waals surface area (Å²) in [7, 11) is 0. The van der Waals surface area contributed by atoms with E-state index in [0.717, 1.165) is 0 Å². The number of rotatable bonds is 3. The van der Waals surface area contributed by atoms with E-state index in [1.807, 2.05) is 0 Å². The number of hydrogen-bond donors (Lipinski definition) is 0. The van der Waals surface area contributed by atoms with Crippen LogP contribution in [-0.2, 0) is 22.4 Å². The Morgan fingerprint density at radius 3 is 0.952 bits per heavy atom. The molecule has 0 aliphatic rings. The van der Waals surface area contributed by atoms with Crippen LogP contribution in [0.1, 0.15) is 0 Å². The van der Waals surface area contributed by atoms with Crippen LogP contribution in [0.2, 0.25) is 0 Å². The van der Waals surface area contributed by atoms with Crippen LogP contribution in [0.5, 0.6) is 0 Å². The van der Waals surface area contributed by atoms with Crippen LogP contribution in [0, 0.1) is 0 Å². The van der Waals surface area contributed by atoms with Gasteiger partial charge in [-0.3, -0.25) is 0 Å². The van der Waals surface area contributed by atoms with E-state index in [4.69, 9.17) is 0 Å². The predicted molar refractivity (Wildman–Crippen MR) is 95.5 cm³/mol. The van der Waals surface area contributed by atoms with Gasteiger partial charge in [0.25, 0.3) is 0 Å². The molecule has 0 aliphatic heterocycles. The third-order valence-electron chi connectivity index (χ3n) is 3.51. The summed E-state index contributed by atoms with van der Waals surface area (Å²) in [5.74, 6) is -2.07. The third-order valence-corrected chi connectivity index (χ3v) is 11.0. The van der Waals surface area contributed by atoms with Crippen molar-refractivity contribution in [1.29, 1.82) is 0 Å². The molecule has 0 atom stereocenters. The summed E-state index contributed by atoms with van der Waals surface area (Å²) in [6.07, 6.45) is 0. The van der Waals surface area contributed by atoms with Crippen LogP contribution in [0.3, 0.4) is 0 Å². The van der Waals surface area contributed by atoms with Crippen molar-refractivity contribution in [3.63, 3.8) is 0 Å². The number of hydrogen-bond acceptors (Lipinski definition) is 0. The van der Waals surface area contributed by atoms with Crippen LogP contribution in [0.15, 0.2) is 91.0 Å². The average molecular weight is 451 g/mol. The van der Waals surface area contributed by atoms with Crippen molar-refractivity contribution >= 4 is 37.4 Å². The summed E-state index contributed by atoms with van der Waals surface area (Å²) in [6.45, 7) is 0. The Bertz CT molecular complexity index is 575. The molecule has 0 spiro atoms. The monoisotopic (exact) mass is 449 g/mol. The van der Waals surface area contributed by atoms with Crippen LogP contribution < -0.4 is 15.9 Å². The molecular formula is C18H16AgBrP. The standard InChI is InChI=1S/C18H16BrP.Ag/c19-20(16-10-4-1-5-11-16,17-12-6-2-7-13-17)18-14-8-3-9-15-18;/h1-15,20H;. The van der Waals surface area contributed by atoms with E-state index in [-0.39, 0.29) is 22.4 Å². The molecule has 3 rings (SSSR count). The van der Waals surface area contributed by atoms with Gasteiger partial charge in [-0.15, -0.1) is 0 Å². The summed E-state index contributed by atoms with van der Waals surface area (Å²) in [4.78, 5) is 0. The first kappa shape index (κ1) is 16.7.